The van der Waals surface area contributed by atoms with Crippen LogP contribution in [0, 0.1) is 10.1 Å². The van der Waals surface area contributed by atoms with Gasteiger partial charge in [-0.25, -0.2) is 0 Å². The van der Waals surface area contributed by atoms with Crippen LogP contribution >= 0.6 is 0 Å². The second-order valence-corrected chi connectivity index (χ2v) is 5.46. The molecular weight excluding hydrogens is 260 g/mol. The first-order chi connectivity index (χ1) is 9.41. The van der Waals surface area contributed by atoms with Crippen molar-refractivity contribution in [1.29, 1.82) is 0 Å². The van der Waals surface area contributed by atoms with Gasteiger partial charge in [-0.1, -0.05) is 6.92 Å². The van der Waals surface area contributed by atoms with Gasteiger partial charge in [-0.3, -0.25) is 10.1 Å². The summed E-state index contributed by atoms with van der Waals surface area (Å²) in [6.45, 7) is 5.44. The van der Waals surface area contributed by atoms with Gasteiger partial charge in [0, 0.05) is 30.9 Å². The summed E-state index contributed by atoms with van der Waals surface area (Å²) in [7, 11) is 0. The van der Waals surface area contributed by atoms with E-state index in [2.05, 4.69) is 0 Å². The summed E-state index contributed by atoms with van der Waals surface area (Å²) in [4.78, 5) is 12.5. The molecule has 1 aliphatic heterocycles. The topological polar surface area (TPSA) is 75.8 Å². The lowest BCUT2D eigenvalue weighted by Crippen LogP contribution is -2.29. The van der Waals surface area contributed by atoms with E-state index < -0.39 is 10.5 Å². The van der Waals surface area contributed by atoms with Crippen LogP contribution in [-0.4, -0.2) is 35.3 Å². The summed E-state index contributed by atoms with van der Waals surface area (Å²) in [5.74, 6) is 0.502. The van der Waals surface area contributed by atoms with Gasteiger partial charge in [0.25, 0.3) is 5.69 Å². The molecular formula is C14H20N2O4. The van der Waals surface area contributed by atoms with Gasteiger partial charge < -0.3 is 14.7 Å². The van der Waals surface area contributed by atoms with Crippen LogP contribution in [0.2, 0.25) is 0 Å². The molecule has 0 spiro atoms. The smallest absolute Gasteiger partial charge is 0.275 e. The Kier molecular flexibility index (Phi) is 4.13. The molecule has 0 bridgehead atoms. The summed E-state index contributed by atoms with van der Waals surface area (Å²) in [5, 5.41) is 21.0. The minimum atomic E-state index is -0.741. The van der Waals surface area contributed by atoms with Crippen molar-refractivity contribution in [3.8, 4) is 5.75 Å². The van der Waals surface area contributed by atoms with Crippen LogP contribution in [0.5, 0.6) is 5.75 Å². The molecule has 0 aliphatic carbocycles. The Labute approximate surface area is 118 Å². The number of β-amino-alcohol motifs (C(OH)–C–C–N with tert-alkyl or cyclic N) is 1. The van der Waals surface area contributed by atoms with E-state index in [1.165, 1.54) is 12.1 Å². The maximum atomic E-state index is 11.0. The minimum Gasteiger partial charge on any atom is -0.493 e. The molecule has 110 valence electrons. The third-order valence-electron chi connectivity index (χ3n) is 3.38. The predicted molar refractivity (Wildman–Crippen MR) is 76.3 cm³/mol. The number of non-ortho nitro benzene ring substituents is 1. The molecule has 20 heavy (non-hydrogen) atoms. The maximum Gasteiger partial charge on any atom is 0.275 e. The Morgan fingerprint density at radius 1 is 1.50 bits per heavy atom. The predicted octanol–water partition coefficient (Wildman–Crippen LogP) is 2.34. The van der Waals surface area contributed by atoms with E-state index in [1.807, 2.05) is 11.8 Å². The van der Waals surface area contributed by atoms with E-state index in [0.29, 0.717) is 31.9 Å². The fourth-order valence-corrected chi connectivity index (χ4v) is 2.32. The van der Waals surface area contributed by atoms with Gasteiger partial charge in [0.2, 0.25) is 0 Å². The van der Waals surface area contributed by atoms with E-state index in [4.69, 9.17) is 4.74 Å². The Morgan fingerprint density at radius 2 is 2.25 bits per heavy atom. The fourth-order valence-electron chi connectivity index (χ4n) is 2.32. The Hall–Kier alpha value is -1.82. The third kappa shape index (κ3) is 3.39. The van der Waals surface area contributed by atoms with E-state index >= 15 is 0 Å². The standard InChI is InChI=1S/C14H20N2O4/c1-3-6-20-13-8-11(7-12(9-13)16(18)19)15-5-4-14(2,17)10-15/h7-9,17H,3-6,10H2,1-2H3. The largest absolute Gasteiger partial charge is 0.493 e. The minimum absolute atomic E-state index is 0.0140. The molecule has 6 nitrogen and oxygen atoms in total. The van der Waals surface area contributed by atoms with Crippen LogP contribution in [0.4, 0.5) is 11.4 Å². The van der Waals surface area contributed by atoms with Gasteiger partial charge in [-0.05, 0) is 19.8 Å². The maximum absolute atomic E-state index is 11.0. The second-order valence-electron chi connectivity index (χ2n) is 5.46. The lowest BCUT2D eigenvalue weighted by Gasteiger charge is -2.21. The molecule has 1 heterocycles. The number of nitro groups is 1. The molecule has 6 heteroatoms. The van der Waals surface area contributed by atoms with E-state index in [0.717, 1.165) is 12.1 Å². The van der Waals surface area contributed by atoms with E-state index in [9.17, 15) is 15.2 Å². The van der Waals surface area contributed by atoms with Gasteiger partial charge in [0.15, 0.2) is 0 Å². The van der Waals surface area contributed by atoms with Crippen molar-refractivity contribution in [2.75, 3.05) is 24.6 Å². The number of hydrogen-bond donors (Lipinski definition) is 1. The number of anilines is 1. The molecule has 2 rings (SSSR count). The second kappa shape index (κ2) is 5.66. The number of benzene rings is 1. The highest BCUT2D eigenvalue weighted by atomic mass is 16.6. The van der Waals surface area contributed by atoms with Crippen LogP contribution in [0.3, 0.4) is 0 Å². The van der Waals surface area contributed by atoms with Crippen LogP contribution < -0.4 is 9.64 Å². The Bertz CT molecular complexity index is 502. The molecule has 1 saturated heterocycles. The van der Waals surface area contributed by atoms with Crippen molar-refractivity contribution < 1.29 is 14.8 Å². The van der Waals surface area contributed by atoms with Crippen molar-refractivity contribution in [3.05, 3.63) is 28.3 Å². The first-order valence-corrected chi connectivity index (χ1v) is 6.81. The zero-order valence-electron chi connectivity index (χ0n) is 11.8. The number of ether oxygens (including phenoxy) is 1. The lowest BCUT2D eigenvalue weighted by atomic mass is 10.1. The first-order valence-electron chi connectivity index (χ1n) is 6.81. The zero-order chi connectivity index (χ0) is 14.8. The summed E-state index contributed by atoms with van der Waals surface area (Å²) in [6, 6.07) is 4.76. The summed E-state index contributed by atoms with van der Waals surface area (Å²) >= 11 is 0. The molecule has 1 fully saturated rings. The van der Waals surface area contributed by atoms with Crippen molar-refractivity contribution >= 4 is 11.4 Å². The van der Waals surface area contributed by atoms with Crippen molar-refractivity contribution in [1.82, 2.24) is 0 Å². The number of nitro benzene ring substituents is 1. The molecule has 0 amide bonds. The Morgan fingerprint density at radius 3 is 2.80 bits per heavy atom. The molecule has 1 aromatic carbocycles. The normalized spacial score (nSPS) is 22.1. The van der Waals surface area contributed by atoms with Crippen molar-refractivity contribution in [2.24, 2.45) is 0 Å². The lowest BCUT2D eigenvalue weighted by molar-refractivity contribution is -0.384. The highest BCUT2D eigenvalue weighted by Gasteiger charge is 2.32. The molecule has 0 radical (unpaired) electrons. The van der Waals surface area contributed by atoms with Crippen molar-refractivity contribution in [3.63, 3.8) is 0 Å². The number of nitrogens with zero attached hydrogens (tertiary/aromatic N) is 2. The SMILES string of the molecule is CCCOc1cc(N2CCC(C)(O)C2)cc([N+](=O)[O-])c1. The summed E-state index contributed by atoms with van der Waals surface area (Å²) < 4.78 is 5.50. The van der Waals surface area contributed by atoms with E-state index in [1.54, 1.807) is 13.0 Å². The van der Waals surface area contributed by atoms with E-state index in [-0.39, 0.29) is 5.69 Å². The van der Waals surface area contributed by atoms with Crippen LogP contribution in [0.25, 0.3) is 0 Å². The molecule has 1 aromatic rings. The number of hydrogen-bond acceptors (Lipinski definition) is 5. The van der Waals surface area contributed by atoms with Gasteiger partial charge >= 0.3 is 0 Å². The highest BCUT2D eigenvalue weighted by molar-refractivity contribution is 5.58. The monoisotopic (exact) mass is 280 g/mol. The Balaban J connectivity index is 2.27. The van der Waals surface area contributed by atoms with Gasteiger partial charge in [-0.2, -0.15) is 0 Å². The molecule has 1 N–H and O–H groups in total. The van der Waals surface area contributed by atoms with Gasteiger partial charge in [-0.15, -0.1) is 0 Å². The highest BCUT2D eigenvalue weighted by Crippen LogP contribution is 2.32. The summed E-state index contributed by atoms with van der Waals surface area (Å²) in [6.07, 6.45) is 1.50. The fraction of sp³-hybridized carbons (Fsp3) is 0.571. The summed E-state index contributed by atoms with van der Waals surface area (Å²) in [5.41, 5.74) is -0.00192. The number of aliphatic hydroxyl groups is 1. The third-order valence-corrected chi connectivity index (χ3v) is 3.38. The van der Waals surface area contributed by atoms with Crippen LogP contribution in [0.15, 0.2) is 18.2 Å². The van der Waals surface area contributed by atoms with Crippen LogP contribution in [-0.2, 0) is 0 Å². The average Bonchev–Trinajstić information content (AvgIpc) is 2.76. The molecule has 0 aromatic heterocycles. The molecule has 1 atom stereocenters. The average molecular weight is 280 g/mol. The van der Waals surface area contributed by atoms with Gasteiger partial charge in [0.1, 0.15) is 5.75 Å². The molecule has 1 unspecified atom stereocenters. The number of rotatable bonds is 5. The van der Waals surface area contributed by atoms with Crippen molar-refractivity contribution in [2.45, 2.75) is 32.3 Å². The first kappa shape index (κ1) is 14.6. The zero-order valence-corrected chi connectivity index (χ0v) is 11.8. The molecule has 0 saturated carbocycles. The molecule has 1 aliphatic rings. The van der Waals surface area contributed by atoms with Gasteiger partial charge in [0.05, 0.1) is 23.2 Å². The quantitative estimate of drug-likeness (QED) is 0.662. The van der Waals surface area contributed by atoms with Crippen LogP contribution in [0.1, 0.15) is 26.7 Å².